The molecular weight excluding hydrogens is 448 g/mol. The number of aromatic nitrogens is 3. The van der Waals surface area contributed by atoms with Gasteiger partial charge in [0.1, 0.15) is 0 Å². The second-order valence-corrected chi connectivity index (χ2v) is 9.27. The van der Waals surface area contributed by atoms with Crippen LogP contribution < -0.4 is 4.90 Å². The van der Waals surface area contributed by atoms with E-state index in [-0.39, 0.29) is 11.7 Å². The molecule has 0 saturated carbocycles. The van der Waals surface area contributed by atoms with Gasteiger partial charge in [-0.05, 0) is 42.0 Å². The lowest BCUT2D eigenvalue weighted by Crippen LogP contribution is -2.32. The maximum atomic E-state index is 13.3. The van der Waals surface area contributed by atoms with Crippen molar-refractivity contribution >= 4 is 45.5 Å². The quantitative estimate of drug-likeness (QED) is 0.262. The maximum absolute atomic E-state index is 13.3. The molecule has 3 aromatic carbocycles. The van der Waals surface area contributed by atoms with Crippen LogP contribution in [0.15, 0.2) is 95.5 Å². The Hall–Kier alpha value is -3.42. The van der Waals surface area contributed by atoms with Gasteiger partial charge in [-0.1, -0.05) is 72.4 Å². The lowest BCUT2D eigenvalue weighted by molar-refractivity contribution is -0.116. The number of fused-ring (bicyclic) bond motifs is 1. The van der Waals surface area contributed by atoms with Crippen molar-refractivity contribution in [3.63, 3.8) is 0 Å². The van der Waals surface area contributed by atoms with Crippen LogP contribution in [0.3, 0.4) is 0 Å². The van der Waals surface area contributed by atoms with Crippen molar-refractivity contribution in [2.75, 3.05) is 17.2 Å². The van der Waals surface area contributed by atoms with Crippen LogP contribution in [0.25, 0.3) is 27.2 Å². The third-order valence-corrected chi connectivity index (χ3v) is 7.17. The SMILES string of the molecule is CCN(C(=O)CSc1nnc(-c2cccs2)n1-c1ccccc1)c1cccc2ccccc12. The highest BCUT2D eigenvalue weighted by Gasteiger charge is 2.21. The van der Waals surface area contributed by atoms with Gasteiger partial charge in [0.15, 0.2) is 11.0 Å². The first-order valence-electron chi connectivity index (χ1n) is 10.7. The summed E-state index contributed by atoms with van der Waals surface area (Å²) in [5.74, 6) is 1.10. The fourth-order valence-corrected chi connectivity index (χ4v) is 5.39. The van der Waals surface area contributed by atoms with Gasteiger partial charge in [-0.3, -0.25) is 9.36 Å². The molecule has 1 amide bonds. The zero-order valence-electron chi connectivity index (χ0n) is 18.1. The minimum atomic E-state index is 0.0409. The number of hydrogen-bond donors (Lipinski definition) is 0. The molecule has 2 aromatic heterocycles. The molecule has 0 N–H and O–H groups in total. The van der Waals surface area contributed by atoms with Crippen molar-refractivity contribution in [2.45, 2.75) is 12.1 Å². The number of rotatable bonds is 7. The largest absolute Gasteiger partial charge is 0.311 e. The summed E-state index contributed by atoms with van der Waals surface area (Å²) >= 11 is 3.04. The van der Waals surface area contributed by atoms with E-state index in [4.69, 9.17) is 0 Å². The van der Waals surface area contributed by atoms with Gasteiger partial charge in [0.2, 0.25) is 5.91 Å². The Morgan fingerprint density at radius 3 is 2.52 bits per heavy atom. The van der Waals surface area contributed by atoms with E-state index in [1.807, 2.05) is 88.5 Å². The van der Waals surface area contributed by atoms with E-state index < -0.39 is 0 Å². The topological polar surface area (TPSA) is 51.0 Å². The molecule has 0 atom stereocenters. The molecule has 5 nitrogen and oxygen atoms in total. The lowest BCUT2D eigenvalue weighted by Gasteiger charge is -2.22. The van der Waals surface area contributed by atoms with Crippen LogP contribution in [0.5, 0.6) is 0 Å². The smallest absolute Gasteiger partial charge is 0.237 e. The second-order valence-electron chi connectivity index (χ2n) is 7.38. The Morgan fingerprint density at radius 1 is 0.939 bits per heavy atom. The number of anilines is 1. The van der Waals surface area contributed by atoms with Gasteiger partial charge in [-0.2, -0.15) is 0 Å². The summed E-state index contributed by atoms with van der Waals surface area (Å²) in [6.45, 7) is 2.60. The fourth-order valence-electron chi connectivity index (χ4n) is 3.87. The predicted molar refractivity (Wildman–Crippen MR) is 137 cm³/mol. The molecule has 0 bridgehead atoms. The number of benzene rings is 3. The monoisotopic (exact) mass is 470 g/mol. The molecule has 33 heavy (non-hydrogen) atoms. The first kappa shape index (κ1) is 21.4. The summed E-state index contributed by atoms with van der Waals surface area (Å²) in [6.07, 6.45) is 0. The van der Waals surface area contributed by atoms with E-state index in [2.05, 4.69) is 28.4 Å². The van der Waals surface area contributed by atoms with Gasteiger partial charge >= 0.3 is 0 Å². The second kappa shape index (κ2) is 9.60. The van der Waals surface area contributed by atoms with Gasteiger partial charge < -0.3 is 4.90 Å². The van der Waals surface area contributed by atoms with Crippen molar-refractivity contribution in [2.24, 2.45) is 0 Å². The molecule has 0 fully saturated rings. The Kier molecular flexibility index (Phi) is 6.24. The number of thioether (sulfide) groups is 1. The molecule has 0 aliphatic heterocycles. The number of thiophene rings is 1. The Balaban J connectivity index is 1.44. The number of para-hydroxylation sites is 1. The summed E-state index contributed by atoms with van der Waals surface area (Å²) in [4.78, 5) is 16.2. The predicted octanol–water partition coefficient (Wildman–Crippen LogP) is 6.29. The van der Waals surface area contributed by atoms with Crippen LogP contribution in [0.2, 0.25) is 0 Å². The van der Waals surface area contributed by atoms with Gasteiger partial charge in [0, 0.05) is 17.6 Å². The molecule has 7 heteroatoms. The van der Waals surface area contributed by atoms with Crippen molar-refractivity contribution in [3.8, 4) is 16.4 Å². The molecule has 5 aromatic rings. The van der Waals surface area contributed by atoms with Crippen molar-refractivity contribution in [3.05, 3.63) is 90.3 Å². The van der Waals surface area contributed by atoms with E-state index in [9.17, 15) is 4.79 Å². The van der Waals surface area contributed by atoms with Crippen LogP contribution in [0.1, 0.15) is 6.92 Å². The molecule has 0 spiro atoms. The highest BCUT2D eigenvalue weighted by molar-refractivity contribution is 7.99. The van der Waals surface area contributed by atoms with Gasteiger partial charge in [-0.15, -0.1) is 21.5 Å². The average molecular weight is 471 g/mol. The Labute approximate surface area is 200 Å². The highest BCUT2D eigenvalue weighted by atomic mass is 32.2. The number of hydrogen-bond acceptors (Lipinski definition) is 5. The van der Waals surface area contributed by atoms with E-state index in [1.165, 1.54) is 11.8 Å². The molecule has 0 radical (unpaired) electrons. The molecule has 5 rings (SSSR count). The third kappa shape index (κ3) is 4.29. The normalized spacial score (nSPS) is 11.1. The number of carbonyl (C=O) groups is 1. The molecule has 0 aliphatic carbocycles. The van der Waals surface area contributed by atoms with Crippen molar-refractivity contribution in [1.82, 2.24) is 14.8 Å². The van der Waals surface area contributed by atoms with Crippen molar-refractivity contribution < 1.29 is 4.79 Å². The fraction of sp³-hybridized carbons (Fsp3) is 0.115. The molecule has 2 heterocycles. The van der Waals surface area contributed by atoms with Gasteiger partial charge in [-0.25, -0.2) is 0 Å². The van der Waals surface area contributed by atoms with E-state index in [0.29, 0.717) is 11.7 Å². The molecular formula is C26H22N4OS2. The first-order valence-corrected chi connectivity index (χ1v) is 12.6. The van der Waals surface area contributed by atoms with E-state index in [0.717, 1.165) is 32.8 Å². The van der Waals surface area contributed by atoms with E-state index >= 15 is 0 Å². The Bertz CT molecular complexity index is 1370. The minimum absolute atomic E-state index is 0.0409. The first-order chi connectivity index (χ1) is 16.3. The highest BCUT2D eigenvalue weighted by Crippen LogP contribution is 2.31. The summed E-state index contributed by atoms with van der Waals surface area (Å²) in [6, 6.07) is 28.3. The standard InChI is InChI=1S/C26H22N4OS2/c1-2-29(22-15-8-11-19-10-6-7-14-21(19)22)24(31)18-33-26-28-27-25(23-16-9-17-32-23)30(26)20-12-4-3-5-13-20/h3-17H,2,18H2,1H3. The molecule has 164 valence electrons. The van der Waals surface area contributed by atoms with Crippen LogP contribution in [0.4, 0.5) is 5.69 Å². The molecule has 0 unspecified atom stereocenters. The van der Waals surface area contributed by atoms with E-state index in [1.54, 1.807) is 11.3 Å². The zero-order valence-corrected chi connectivity index (χ0v) is 19.7. The maximum Gasteiger partial charge on any atom is 0.237 e. The van der Waals surface area contributed by atoms with Crippen LogP contribution in [-0.2, 0) is 4.79 Å². The summed E-state index contributed by atoms with van der Waals surface area (Å²) in [5.41, 5.74) is 1.91. The lowest BCUT2D eigenvalue weighted by atomic mass is 10.1. The average Bonchev–Trinajstić information content (AvgIpc) is 3.54. The summed E-state index contributed by atoms with van der Waals surface area (Å²) < 4.78 is 2.03. The van der Waals surface area contributed by atoms with Crippen LogP contribution in [0, 0.1) is 0 Å². The molecule has 0 saturated heterocycles. The molecule has 0 aliphatic rings. The van der Waals surface area contributed by atoms with Gasteiger partial charge in [0.25, 0.3) is 0 Å². The third-order valence-electron chi connectivity index (χ3n) is 5.39. The number of nitrogens with zero attached hydrogens (tertiary/aromatic N) is 4. The summed E-state index contributed by atoms with van der Waals surface area (Å²) in [5, 5.41) is 13.8. The summed E-state index contributed by atoms with van der Waals surface area (Å²) in [7, 11) is 0. The van der Waals surface area contributed by atoms with Crippen molar-refractivity contribution in [1.29, 1.82) is 0 Å². The number of amides is 1. The van der Waals surface area contributed by atoms with Crippen LogP contribution in [-0.4, -0.2) is 33.0 Å². The van der Waals surface area contributed by atoms with Gasteiger partial charge in [0.05, 0.1) is 16.3 Å². The van der Waals surface area contributed by atoms with Crippen LogP contribution >= 0.6 is 23.1 Å². The minimum Gasteiger partial charge on any atom is -0.311 e. The number of carbonyl (C=O) groups excluding carboxylic acids is 1. The zero-order chi connectivity index (χ0) is 22.6. The Morgan fingerprint density at radius 2 is 1.73 bits per heavy atom.